The van der Waals surface area contributed by atoms with Crippen LogP contribution in [0.25, 0.3) is 0 Å². The maximum absolute atomic E-state index is 12.1. The fraction of sp³-hybridized carbons (Fsp3) is 0.435. The second-order valence-electron chi connectivity index (χ2n) is 7.42. The Balaban J connectivity index is 1.75. The number of aryl methyl sites for hydroxylation is 2. The van der Waals surface area contributed by atoms with E-state index in [0.29, 0.717) is 30.2 Å². The lowest BCUT2D eigenvalue weighted by Gasteiger charge is -2.22. The summed E-state index contributed by atoms with van der Waals surface area (Å²) in [4.78, 5) is 12.1. The van der Waals surface area contributed by atoms with Crippen LogP contribution >= 0.6 is 0 Å². The number of carbonyl (C=O) groups excluding carboxylic acids is 1. The van der Waals surface area contributed by atoms with Crippen molar-refractivity contribution in [1.82, 2.24) is 5.32 Å². The Labute approximate surface area is 185 Å². The van der Waals surface area contributed by atoms with Gasteiger partial charge in [0.2, 0.25) is 15.9 Å². The third-order valence-corrected chi connectivity index (χ3v) is 6.09. The van der Waals surface area contributed by atoms with Crippen molar-refractivity contribution in [2.45, 2.75) is 32.6 Å². The summed E-state index contributed by atoms with van der Waals surface area (Å²) < 4.78 is 36.1. The second-order valence-corrected chi connectivity index (χ2v) is 9.32. The Kier molecular flexibility index (Phi) is 9.18. The first-order chi connectivity index (χ1) is 14.7. The zero-order valence-electron chi connectivity index (χ0n) is 18.7. The van der Waals surface area contributed by atoms with E-state index in [2.05, 4.69) is 5.32 Å². The minimum atomic E-state index is -3.41. The molecular weight excluding hydrogens is 416 g/mol. The molecule has 0 fully saturated rings. The molecule has 2 aromatic carbocycles. The lowest BCUT2D eigenvalue weighted by molar-refractivity contribution is -0.121. The van der Waals surface area contributed by atoms with E-state index in [1.165, 1.54) is 10.6 Å². The number of hydrogen-bond acceptors (Lipinski definition) is 5. The first kappa shape index (κ1) is 24.5. The van der Waals surface area contributed by atoms with Gasteiger partial charge in [0.05, 0.1) is 26.2 Å². The number of sulfonamides is 1. The SMILES string of the molecule is COc1ccc(CCCNC(=O)CCCN(c2ccc(C)cc2)S(C)(=O)=O)cc1OC. The van der Waals surface area contributed by atoms with Gasteiger partial charge >= 0.3 is 0 Å². The van der Waals surface area contributed by atoms with Gasteiger partial charge in [-0.15, -0.1) is 0 Å². The lowest BCUT2D eigenvalue weighted by atomic mass is 10.1. The minimum absolute atomic E-state index is 0.0790. The van der Waals surface area contributed by atoms with E-state index < -0.39 is 10.0 Å². The zero-order chi connectivity index (χ0) is 22.9. The molecule has 8 heteroatoms. The van der Waals surface area contributed by atoms with E-state index >= 15 is 0 Å². The molecule has 0 saturated heterocycles. The summed E-state index contributed by atoms with van der Waals surface area (Å²) >= 11 is 0. The quantitative estimate of drug-likeness (QED) is 0.504. The Bertz CT molecular complexity index is 958. The average molecular weight is 449 g/mol. The van der Waals surface area contributed by atoms with Crippen molar-refractivity contribution in [1.29, 1.82) is 0 Å². The van der Waals surface area contributed by atoms with Gasteiger partial charge in [-0.1, -0.05) is 23.8 Å². The smallest absolute Gasteiger partial charge is 0.232 e. The monoisotopic (exact) mass is 448 g/mol. The molecule has 1 N–H and O–H groups in total. The molecule has 0 bridgehead atoms. The van der Waals surface area contributed by atoms with Gasteiger partial charge in [-0.05, 0) is 56.0 Å². The summed E-state index contributed by atoms with van der Waals surface area (Å²) in [5, 5.41) is 2.90. The van der Waals surface area contributed by atoms with Crippen LogP contribution in [0.15, 0.2) is 42.5 Å². The van der Waals surface area contributed by atoms with Crippen molar-refractivity contribution in [2.24, 2.45) is 0 Å². The molecule has 7 nitrogen and oxygen atoms in total. The maximum atomic E-state index is 12.1. The molecule has 0 heterocycles. The fourth-order valence-electron chi connectivity index (χ4n) is 3.23. The highest BCUT2D eigenvalue weighted by atomic mass is 32.2. The van der Waals surface area contributed by atoms with E-state index in [1.54, 1.807) is 26.4 Å². The van der Waals surface area contributed by atoms with Crippen LogP contribution in [0.5, 0.6) is 11.5 Å². The van der Waals surface area contributed by atoms with Gasteiger partial charge in [-0.25, -0.2) is 8.42 Å². The van der Waals surface area contributed by atoms with Crippen LogP contribution in [-0.4, -0.2) is 47.9 Å². The van der Waals surface area contributed by atoms with Gasteiger partial charge < -0.3 is 14.8 Å². The van der Waals surface area contributed by atoms with Crippen molar-refractivity contribution in [2.75, 3.05) is 37.9 Å². The number of rotatable bonds is 12. The van der Waals surface area contributed by atoms with E-state index in [9.17, 15) is 13.2 Å². The Morgan fingerprint density at radius 3 is 2.29 bits per heavy atom. The highest BCUT2D eigenvalue weighted by molar-refractivity contribution is 7.92. The van der Waals surface area contributed by atoms with Crippen molar-refractivity contribution >= 4 is 21.6 Å². The van der Waals surface area contributed by atoms with Gasteiger partial charge in [0.25, 0.3) is 0 Å². The summed E-state index contributed by atoms with van der Waals surface area (Å²) in [6.07, 6.45) is 3.49. The average Bonchev–Trinajstić information content (AvgIpc) is 2.74. The van der Waals surface area contributed by atoms with Crippen LogP contribution in [0.4, 0.5) is 5.69 Å². The molecule has 0 atom stereocenters. The number of amides is 1. The van der Waals surface area contributed by atoms with Gasteiger partial charge in [-0.3, -0.25) is 9.10 Å². The molecule has 0 radical (unpaired) electrons. The minimum Gasteiger partial charge on any atom is -0.493 e. The first-order valence-electron chi connectivity index (χ1n) is 10.3. The van der Waals surface area contributed by atoms with E-state index in [-0.39, 0.29) is 18.9 Å². The van der Waals surface area contributed by atoms with Crippen LogP contribution < -0.4 is 19.1 Å². The fourth-order valence-corrected chi connectivity index (χ4v) is 4.19. The van der Waals surface area contributed by atoms with Crippen LogP contribution in [0.2, 0.25) is 0 Å². The third-order valence-electron chi connectivity index (χ3n) is 4.90. The van der Waals surface area contributed by atoms with Crippen molar-refractivity contribution in [3.63, 3.8) is 0 Å². The standard InChI is InChI=1S/C23H32N2O5S/c1-18-9-12-20(13-10-18)25(31(4,27)28)16-6-8-23(26)24-15-5-7-19-11-14-21(29-2)22(17-19)30-3/h9-14,17H,5-8,15-16H2,1-4H3,(H,24,26). The number of carbonyl (C=O) groups is 1. The van der Waals surface area contributed by atoms with Crippen LogP contribution in [-0.2, 0) is 21.2 Å². The molecule has 1 amide bonds. The van der Waals surface area contributed by atoms with Gasteiger partial charge in [-0.2, -0.15) is 0 Å². The molecule has 0 aliphatic rings. The molecule has 2 rings (SSSR count). The molecule has 0 saturated carbocycles. The van der Waals surface area contributed by atoms with Crippen molar-refractivity contribution in [3.05, 3.63) is 53.6 Å². The number of ether oxygens (including phenoxy) is 2. The molecule has 0 spiro atoms. The maximum Gasteiger partial charge on any atom is 0.232 e. The van der Waals surface area contributed by atoms with E-state index in [1.807, 2.05) is 37.3 Å². The number of hydrogen-bond donors (Lipinski definition) is 1. The molecule has 0 aliphatic heterocycles. The number of nitrogens with one attached hydrogen (secondary N) is 1. The largest absolute Gasteiger partial charge is 0.493 e. The molecule has 31 heavy (non-hydrogen) atoms. The topological polar surface area (TPSA) is 84.9 Å². The molecule has 0 unspecified atom stereocenters. The summed E-state index contributed by atoms with van der Waals surface area (Å²) in [6.45, 7) is 2.77. The van der Waals surface area contributed by atoms with E-state index in [0.717, 1.165) is 24.0 Å². The van der Waals surface area contributed by atoms with Gasteiger partial charge in [0.1, 0.15) is 0 Å². The number of benzene rings is 2. The van der Waals surface area contributed by atoms with Crippen LogP contribution in [0.3, 0.4) is 0 Å². The van der Waals surface area contributed by atoms with E-state index in [4.69, 9.17) is 9.47 Å². The van der Waals surface area contributed by atoms with Crippen LogP contribution in [0, 0.1) is 6.92 Å². The van der Waals surface area contributed by atoms with Crippen molar-refractivity contribution < 1.29 is 22.7 Å². The zero-order valence-corrected chi connectivity index (χ0v) is 19.5. The van der Waals surface area contributed by atoms with Gasteiger partial charge in [0, 0.05) is 19.5 Å². The summed E-state index contributed by atoms with van der Waals surface area (Å²) in [5.74, 6) is 1.30. The highest BCUT2D eigenvalue weighted by Crippen LogP contribution is 2.27. The Morgan fingerprint density at radius 1 is 1.00 bits per heavy atom. The number of methoxy groups -OCH3 is 2. The first-order valence-corrected chi connectivity index (χ1v) is 12.1. The lowest BCUT2D eigenvalue weighted by Crippen LogP contribution is -2.32. The third kappa shape index (κ3) is 7.79. The van der Waals surface area contributed by atoms with Crippen molar-refractivity contribution in [3.8, 4) is 11.5 Å². The molecule has 0 aromatic heterocycles. The highest BCUT2D eigenvalue weighted by Gasteiger charge is 2.17. The number of anilines is 1. The molecule has 2 aromatic rings. The summed E-state index contributed by atoms with van der Waals surface area (Å²) in [5.41, 5.74) is 2.78. The molecule has 170 valence electrons. The molecule has 0 aliphatic carbocycles. The Morgan fingerprint density at radius 2 is 1.68 bits per heavy atom. The normalized spacial score (nSPS) is 11.1. The second kappa shape index (κ2) is 11.6. The van der Waals surface area contributed by atoms with Gasteiger partial charge in [0.15, 0.2) is 11.5 Å². The summed E-state index contributed by atoms with van der Waals surface area (Å²) in [6, 6.07) is 13.1. The number of nitrogens with zero attached hydrogens (tertiary/aromatic N) is 1. The predicted molar refractivity (Wildman–Crippen MR) is 123 cm³/mol. The van der Waals surface area contributed by atoms with Crippen LogP contribution in [0.1, 0.15) is 30.4 Å². The predicted octanol–water partition coefficient (Wildman–Crippen LogP) is 3.31. The molecular formula is C23H32N2O5S. The summed E-state index contributed by atoms with van der Waals surface area (Å²) in [7, 11) is -0.206. The Hall–Kier alpha value is -2.74.